The van der Waals surface area contributed by atoms with Gasteiger partial charge in [-0.1, -0.05) is 17.7 Å². The van der Waals surface area contributed by atoms with Crippen molar-refractivity contribution in [1.29, 1.82) is 0 Å². The van der Waals surface area contributed by atoms with Crippen molar-refractivity contribution >= 4 is 11.8 Å². The fourth-order valence-corrected chi connectivity index (χ4v) is 3.53. The molecule has 1 saturated heterocycles. The van der Waals surface area contributed by atoms with Gasteiger partial charge in [0.25, 0.3) is 0 Å². The Balaban J connectivity index is 1.53. The maximum atomic E-state index is 5.77. The summed E-state index contributed by atoms with van der Waals surface area (Å²) in [6.45, 7) is 11.4. The molecule has 1 N–H and O–H groups in total. The second kappa shape index (κ2) is 8.79. The van der Waals surface area contributed by atoms with Crippen molar-refractivity contribution in [2.75, 3.05) is 38.6 Å². The van der Waals surface area contributed by atoms with E-state index in [0.29, 0.717) is 12.2 Å². The van der Waals surface area contributed by atoms with E-state index in [1.807, 2.05) is 11.8 Å². The number of ether oxygens (including phenoxy) is 2. The fraction of sp³-hybridized carbons (Fsp3) is 0.647. The van der Waals surface area contributed by atoms with Crippen LogP contribution in [0.2, 0.25) is 0 Å². The van der Waals surface area contributed by atoms with Crippen LogP contribution in [0.5, 0.6) is 0 Å². The van der Waals surface area contributed by atoms with Gasteiger partial charge < -0.3 is 14.4 Å². The van der Waals surface area contributed by atoms with E-state index >= 15 is 0 Å². The highest BCUT2D eigenvalue weighted by Gasteiger charge is 2.24. The molecule has 0 saturated carbocycles. The summed E-state index contributed by atoms with van der Waals surface area (Å²) in [6, 6.07) is 8.68. The minimum atomic E-state index is 0.376. The van der Waals surface area contributed by atoms with Gasteiger partial charge in [0.15, 0.2) is 0 Å². The van der Waals surface area contributed by atoms with Crippen LogP contribution in [0.3, 0.4) is 0 Å². The largest absolute Gasteiger partial charge is 0.375 e. The molecule has 1 heterocycles. The molecule has 0 radical (unpaired) electrons. The van der Waals surface area contributed by atoms with E-state index in [-0.39, 0.29) is 0 Å². The third-order valence-electron chi connectivity index (χ3n) is 3.73. The molecule has 21 heavy (non-hydrogen) atoms. The van der Waals surface area contributed by atoms with Crippen molar-refractivity contribution in [1.82, 2.24) is 0 Å². The highest BCUT2D eigenvalue weighted by atomic mass is 32.2. The van der Waals surface area contributed by atoms with Crippen LogP contribution in [0.25, 0.3) is 0 Å². The molecule has 0 amide bonds. The molecule has 1 aromatic rings. The lowest BCUT2D eigenvalue weighted by molar-refractivity contribution is -0.915. The van der Waals surface area contributed by atoms with Gasteiger partial charge in [0.05, 0.1) is 13.2 Å². The molecule has 4 heteroatoms. The van der Waals surface area contributed by atoms with Crippen LogP contribution in [0.15, 0.2) is 29.2 Å². The Bertz CT molecular complexity index is 400. The lowest BCUT2D eigenvalue weighted by Gasteiger charge is -2.32. The smallest absolute Gasteiger partial charge is 0.104 e. The summed E-state index contributed by atoms with van der Waals surface area (Å²) < 4.78 is 11.5. The van der Waals surface area contributed by atoms with Gasteiger partial charge in [-0.15, -0.1) is 11.8 Å². The van der Waals surface area contributed by atoms with E-state index in [1.165, 1.54) is 10.5 Å². The van der Waals surface area contributed by atoms with Crippen LogP contribution in [0.1, 0.15) is 19.4 Å². The number of aryl methyl sites for hydroxylation is 1. The van der Waals surface area contributed by atoms with Crippen molar-refractivity contribution in [3.63, 3.8) is 0 Å². The highest BCUT2D eigenvalue weighted by Crippen LogP contribution is 2.17. The van der Waals surface area contributed by atoms with E-state index in [9.17, 15) is 0 Å². The Morgan fingerprint density at radius 2 is 1.81 bits per heavy atom. The van der Waals surface area contributed by atoms with Crippen LogP contribution in [-0.2, 0) is 9.47 Å². The maximum Gasteiger partial charge on any atom is 0.104 e. The summed E-state index contributed by atoms with van der Waals surface area (Å²) in [7, 11) is 0. The molecular formula is C17H28NO2S+. The summed E-state index contributed by atoms with van der Waals surface area (Å²) >= 11 is 1.86. The summed E-state index contributed by atoms with van der Waals surface area (Å²) in [6.07, 6.45) is 0.752. The molecule has 2 rings (SSSR count). The molecule has 118 valence electrons. The predicted molar refractivity (Wildman–Crippen MR) is 88.3 cm³/mol. The Hall–Kier alpha value is -0.550. The first-order valence-electron chi connectivity index (χ1n) is 7.89. The van der Waals surface area contributed by atoms with Gasteiger partial charge in [0, 0.05) is 10.6 Å². The first-order chi connectivity index (χ1) is 10.1. The zero-order chi connectivity index (χ0) is 15.1. The number of hydrogen-bond donors (Lipinski definition) is 1. The number of nitrogens with one attached hydrogen (secondary N) is 1. The average molecular weight is 310 g/mol. The zero-order valence-electron chi connectivity index (χ0n) is 13.4. The second-order valence-corrected chi connectivity index (χ2v) is 7.11. The molecule has 0 unspecified atom stereocenters. The van der Waals surface area contributed by atoms with Crippen molar-refractivity contribution in [2.24, 2.45) is 0 Å². The zero-order valence-corrected chi connectivity index (χ0v) is 14.2. The Morgan fingerprint density at radius 1 is 1.14 bits per heavy atom. The number of benzene rings is 1. The molecule has 1 aliphatic rings. The molecule has 0 aromatic heterocycles. The second-order valence-electron chi connectivity index (χ2n) is 5.94. The van der Waals surface area contributed by atoms with E-state index in [2.05, 4.69) is 45.0 Å². The minimum absolute atomic E-state index is 0.376. The third kappa shape index (κ3) is 6.39. The van der Waals surface area contributed by atoms with Gasteiger partial charge in [-0.3, -0.25) is 0 Å². The fourth-order valence-electron chi connectivity index (χ4n) is 2.76. The van der Waals surface area contributed by atoms with Gasteiger partial charge in [-0.2, -0.15) is 0 Å². The summed E-state index contributed by atoms with van der Waals surface area (Å²) in [5.41, 5.74) is 1.31. The minimum Gasteiger partial charge on any atom is -0.375 e. The topological polar surface area (TPSA) is 22.9 Å². The number of rotatable bonds is 7. The summed E-state index contributed by atoms with van der Waals surface area (Å²) in [5.74, 6) is 1.02. The highest BCUT2D eigenvalue weighted by molar-refractivity contribution is 7.99. The first-order valence-corrected chi connectivity index (χ1v) is 8.88. The van der Waals surface area contributed by atoms with Crippen LogP contribution in [-0.4, -0.2) is 50.8 Å². The van der Waals surface area contributed by atoms with Crippen LogP contribution in [0, 0.1) is 6.92 Å². The van der Waals surface area contributed by atoms with Crippen molar-refractivity contribution < 1.29 is 14.4 Å². The van der Waals surface area contributed by atoms with Gasteiger partial charge in [-0.05, 0) is 32.9 Å². The average Bonchev–Trinajstić information content (AvgIpc) is 2.43. The van der Waals surface area contributed by atoms with E-state index in [4.69, 9.17) is 9.47 Å². The molecule has 0 spiro atoms. The first kappa shape index (κ1) is 16.8. The lowest BCUT2D eigenvalue weighted by atomic mass is 10.2. The molecule has 1 fully saturated rings. The number of morpholine rings is 1. The van der Waals surface area contributed by atoms with Crippen molar-refractivity contribution in [3.8, 4) is 0 Å². The van der Waals surface area contributed by atoms with E-state index in [1.54, 1.807) is 4.90 Å². The van der Waals surface area contributed by atoms with Gasteiger partial charge in [-0.25, -0.2) is 0 Å². The van der Waals surface area contributed by atoms with Crippen LogP contribution >= 0.6 is 11.8 Å². The Labute approximate surface area is 133 Å². The number of quaternary nitrogens is 1. The molecule has 0 bridgehead atoms. The number of hydrogen-bond acceptors (Lipinski definition) is 3. The van der Waals surface area contributed by atoms with Gasteiger partial charge in [0.2, 0.25) is 0 Å². The molecule has 3 nitrogen and oxygen atoms in total. The molecule has 2 atom stereocenters. The molecule has 1 aromatic carbocycles. The number of thioether (sulfide) groups is 1. The molecule has 1 aliphatic heterocycles. The van der Waals surface area contributed by atoms with E-state index in [0.717, 1.165) is 38.6 Å². The quantitative estimate of drug-likeness (QED) is 0.613. The maximum absolute atomic E-state index is 5.77. The van der Waals surface area contributed by atoms with Gasteiger partial charge >= 0.3 is 0 Å². The SMILES string of the molecule is Cc1ccc(SCCOCC[NH+]2C[C@@H](C)O[C@H](C)C2)cc1. The standard InChI is InChI=1S/C17H27NO2S/c1-14-4-6-17(7-5-14)21-11-10-19-9-8-18-12-15(2)20-16(3)13-18/h4-7,15-16H,8-13H2,1-3H3/p+1/t15-,16-/m1/s1. The molecular weight excluding hydrogens is 282 g/mol. The van der Waals surface area contributed by atoms with Crippen LogP contribution < -0.4 is 4.90 Å². The summed E-state index contributed by atoms with van der Waals surface area (Å²) in [5, 5.41) is 0. The predicted octanol–water partition coefficient (Wildman–Crippen LogP) is 1.80. The van der Waals surface area contributed by atoms with E-state index < -0.39 is 0 Å². The van der Waals surface area contributed by atoms with Crippen molar-refractivity contribution in [3.05, 3.63) is 29.8 Å². The summed E-state index contributed by atoms with van der Waals surface area (Å²) in [4.78, 5) is 2.93. The van der Waals surface area contributed by atoms with Crippen molar-refractivity contribution in [2.45, 2.75) is 37.9 Å². The third-order valence-corrected chi connectivity index (χ3v) is 4.71. The Kier molecular flexibility index (Phi) is 7.04. The monoisotopic (exact) mass is 310 g/mol. The normalized spacial score (nSPS) is 26.0. The molecule has 0 aliphatic carbocycles. The Morgan fingerprint density at radius 3 is 2.48 bits per heavy atom. The van der Waals surface area contributed by atoms with Crippen LogP contribution in [0.4, 0.5) is 0 Å². The van der Waals surface area contributed by atoms with Gasteiger partial charge in [0.1, 0.15) is 31.8 Å². The lowest BCUT2D eigenvalue weighted by Crippen LogP contribution is -3.15.